The van der Waals surface area contributed by atoms with Crippen LogP contribution in [0.4, 0.5) is 4.79 Å². The SMILES string of the molecule is Cc1nc(-c2cccnc2)sc1C#CCOC(N)=O. The summed E-state index contributed by atoms with van der Waals surface area (Å²) in [7, 11) is 0. The van der Waals surface area contributed by atoms with Gasteiger partial charge in [0.25, 0.3) is 0 Å². The maximum Gasteiger partial charge on any atom is 0.405 e. The topological polar surface area (TPSA) is 78.1 Å². The second kappa shape index (κ2) is 5.98. The number of rotatable bonds is 2. The van der Waals surface area contributed by atoms with Gasteiger partial charge in [-0.15, -0.1) is 11.3 Å². The molecule has 2 aromatic rings. The average Bonchev–Trinajstić information content (AvgIpc) is 2.77. The number of carbonyl (C=O) groups is 1. The lowest BCUT2D eigenvalue weighted by molar-refractivity contribution is 0.171. The number of nitrogens with zero attached hydrogens (tertiary/aromatic N) is 2. The molecule has 0 spiro atoms. The molecular weight excluding hydrogens is 262 g/mol. The van der Waals surface area contributed by atoms with Crippen LogP contribution in [0.1, 0.15) is 10.6 Å². The standard InChI is InChI=1S/C13H11N3O2S/c1-9-11(5-3-7-18-13(14)17)19-12(16-9)10-4-2-6-15-8-10/h2,4,6,8H,7H2,1H3,(H2,14,17). The maximum absolute atomic E-state index is 10.4. The highest BCUT2D eigenvalue weighted by atomic mass is 32.1. The molecule has 0 aromatic carbocycles. The van der Waals surface area contributed by atoms with Gasteiger partial charge in [0.05, 0.1) is 5.69 Å². The van der Waals surface area contributed by atoms with Gasteiger partial charge in [-0.3, -0.25) is 4.98 Å². The zero-order chi connectivity index (χ0) is 13.7. The Balaban J connectivity index is 2.15. The molecule has 5 nitrogen and oxygen atoms in total. The minimum atomic E-state index is -0.827. The van der Waals surface area contributed by atoms with Crippen LogP contribution >= 0.6 is 11.3 Å². The number of carbonyl (C=O) groups excluding carboxylic acids is 1. The second-order valence-corrected chi connectivity index (χ2v) is 4.58. The monoisotopic (exact) mass is 273 g/mol. The van der Waals surface area contributed by atoms with E-state index in [-0.39, 0.29) is 6.61 Å². The van der Waals surface area contributed by atoms with Gasteiger partial charge < -0.3 is 10.5 Å². The minimum absolute atomic E-state index is 0.0189. The smallest absolute Gasteiger partial charge is 0.405 e. The molecule has 2 rings (SSSR count). The number of thiazole rings is 1. The Morgan fingerprint density at radius 3 is 3.11 bits per heavy atom. The number of ether oxygens (including phenoxy) is 1. The fourth-order valence-electron chi connectivity index (χ4n) is 1.35. The molecule has 0 aliphatic rings. The Hall–Kier alpha value is -2.39. The lowest BCUT2D eigenvalue weighted by atomic mass is 10.3. The number of amides is 1. The molecule has 0 fully saturated rings. The molecule has 0 atom stereocenters. The normalized spacial score (nSPS) is 9.53. The van der Waals surface area contributed by atoms with E-state index in [2.05, 4.69) is 26.5 Å². The zero-order valence-electron chi connectivity index (χ0n) is 10.2. The summed E-state index contributed by atoms with van der Waals surface area (Å²) < 4.78 is 4.53. The molecule has 0 bridgehead atoms. The third-order valence-corrected chi connectivity index (χ3v) is 3.32. The second-order valence-electron chi connectivity index (χ2n) is 3.58. The summed E-state index contributed by atoms with van der Waals surface area (Å²) in [5.41, 5.74) is 6.63. The Bertz CT molecular complexity index is 641. The molecule has 2 heterocycles. The predicted octanol–water partition coefficient (Wildman–Crippen LogP) is 1.96. The lowest BCUT2D eigenvalue weighted by Gasteiger charge is -1.91. The summed E-state index contributed by atoms with van der Waals surface area (Å²) in [4.78, 5) is 19.7. The first-order valence-corrected chi connectivity index (χ1v) is 6.27. The van der Waals surface area contributed by atoms with Gasteiger partial charge >= 0.3 is 6.09 Å². The van der Waals surface area contributed by atoms with Gasteiger partial charge in [0, 0.05) is 18.0 Å². The van der Waals surface area contributed by atoms with Crippen LogP contribution in [0.25, 0.3) is 10.6 Å². The van der Waals surface area contributed by atoms with Gasteiger partial charge in [0.2, 0.25) is 0 Å². The minimum Gasteiger partial charge on any atom is -0.437 e. The van der Waals surface area contributed by atoms with E-state index in [1.54, 1.807) is 12.4 Å². The van der Waals surface area contributed by atoms with E-state index >= 15 is 0 Å². The summed E-state index contributed by atoms with van der Waals surface area (Å²) in [5, 5.41) is 0.866. The van der Waals surface area contributed by atoms with Crippen molar-refractivity contribution in [1.29, 1.82) is 0 Å². The van der Waals surface area contributed by atoms with Crippen molar-refractivity contribution in [3.8, 4) is 22.4 Å². The van der Waals surface area contributed by atoms with Crippen LogP contribution in [0.15, 0.2) is 24.5 Å². The van der Waals surface area contributed by atoms with Crippen LogP contribution in [0.3, 0.4) is 0 Å². The molecule has 2 N–H and O–H groups in total. The third kappa shape index (κ3) is 3.53. The van der Waals surface area contributed by atoms with Crippen molar-refractivity contribution in [2.75, 3.05) is 6.61 Å². The van der Waals surface area contributed by atoms with Gasteiger partial charge in [-0.05, 0) is 19.1 Å². The van der Waals surface area contributed by atoms with E-state index < -0.39 is 6.09 Å². The van der Waals surface area contributed by atoms with E-state index in [0.717, 1.165) is 21.1 Å². The third-order valence-electron chi connectivity index (χ3n) is 2.19. The van der Waals surface area contributed by atoms with Gasteiger partial charge in [0.15, 0.2) is 6.61 Å². The highest BCUT2D eigenvalue weighted by molar-refractivity contribution is 7.15. The van der Waals surface area contributed by atoms with Crippen molar-refractivity contribution in [2.45, 2.75) is 6.92 Å². The molecule has 0 saturated carbocycles. The molecule has 0 aliphatic carbocycles. The van der Waals surface area contributed by atoms with Crippen molar-refractivity contribution in [3.63, 3.8) is 0 Å². The van der Waals surface area contributed by atoms with Crippen molar-refractivity contribution in [1.82, 2.24) is 9.97 Å². The molecular formula is C13H11N3O2S. The molecule has 0 saturated heterocycles. The number of aromatic nitrogens is 2. The number of hydrogen-bond acceptors (Lipinski definition) is 5. The highest BCUT2D eigenvalue weighted by Crippen LogP contribution is 2.26. The predicted molar refractivity (Wildman–Crippen MR) is 72.5 cm³/mol. The van der Waals surface area contributed by atoms with E-state index in [4.69, 9.17) is 5.73 Å². The first kappa shape index (κ1) is 13.1. The maximum atomic E-state index is 10.4. The van der Waals surface area contributed by atoms with Crippen LogP contribution in [0.2, 0.25) is 0 Å². The van der Waals surface area contributed by atoms with Crippen LogP contribution in [-0.2, 0) is 4.74 Å². The van der Waals surface area contributed by atoms with Crippen molar-refractivity contribution in [3.05, 3.63) is 35.1 Å². The van der Waals surface area contributed by atoms with Crippen LogP contribution in [-0.4, -0.2) is 22.7 Å². The first-order valence-electron chi connectivity index (χ1n) is 5.46. The number of hydrogen-bond donors (Lipinski definition) is 1. The zero-order valence-corrected chi connectivity index (χ0v) is 11.0. The summed E-state index contributed by atoms with van der Waals surface area (Å²) >= 11 is 1.47. The molecule has 96 valence electrons. The molecule has 19 heavy (non-hydrogen) atoms. The summed E-state index contributed by atoms with van der Waals surface area (Å²) in [6, 6.07) is 3.80. The van der Waals surface area contributed by atoms with Gasteiger partial charge in [-0.1, -0.05) is 11.8 Å². The number of pyridine rings is 1. The van der Waals surface area contributed by atoms with E-state index in [9.17, 15) is 4.79 Å². The van der Waals surface area contributed by atoms with Crippen LogP contribution < -0.4 is 5.73 Å². The van der Waals surface area contributed by atoms with E-state index in [1.165, 1.54) is 11.3 Å². The molecule has 0 unspecified atom stereocenters. The van der Waals surface area contributed by atoms with Crippen molar-refractivity contribution in [2.24, 2.45) is 5.73 Å². The molecule has 6 heteroatoms. The average molecular weight is 273 g/mol. The van der Waals surface area contributed by atoms with Crippen LogP contribution in [0, 0.1) is 18.8 Å². The summed E-state index contributed by atoms with van der Waals surface area (Å²) in [6.07, 6.45) is 2.64. The largest absolute Gasteiger partial charge is 0.437 e. The summed E-state index contributed by atoms with van der Waals surface area (Å²) in [6.45, 7) is 1.87. The van der Waals surface area contributed by atoms with Gasteiger partial charge in [-0.2, -0.15) is 0 Å². The van der Waals surface area contributed by atoms with Crippen molar-refractivity contribution >= 4 is 17.4 Å². The molecule has 2 aromatic heterocycles. The number of primary amides is 1. The first-order chi connectivity index (χ1) is 9.16. The quantitative estimate of drug-likeness (QED) is 0.848. The Labute approximate surface area is 114 Å². The van der Waals surface area contributed by atoms with Gasteiger partial charge in [0.1, 0.15) is 9.88 Å². The Kier molecular flexibility index (Phi) is 4.11. The lowest BCUT2D eigenvalue weighted by Crippen LogP contribution is -2.12. The number of aryl methyl sites for hydroxylation is 1. The van der Waals surface area contributed by atoms with Crippen molar-refractivity contribution < 1.29 is 9.53 Å². The number of nitrogens with two attached hydrogens (primary N) is 1. The summed E-state index contributed by atoms with van der Waals surface area (Å²) in [5.74, 6) is 5.63. The van der Waals surface area contributed by atoms with Gasteiger partial charge in [-0.25, -0.2) is 9.78 Å². The molecule has 0 radical (unpaired) electrons. The molecule has 0 aliphatic heterocycles. The van der Waals surface area contributed by atoms with Crippen LogP contribution in [0.5, 0.6) is 0 Å². The fourth-order valence-corrected chi connectivity index (χ4v) is 2.28. The molecule has 1 amide bonds. The highest BCUT2D eigenvalue weighted by Gasteiger charge is 2.07. The van der Waals surface area contributed by atoms with E-state index in [0.29, 0.717) is 0 Å². The Morgan fingerprint density at radius 1 is 1.58 bits per heavy atom. The fraction of sp³-hybridized carbons (Fsp3) is 0.154. The van der Waals surface area contributed by atoms with E-state index in [1.807, 2.05) is 19.1 Å². The Morgan fingerprint density at radius 2 is 2.42 bits per heavy atom.